The Labute approximate surface area is 112 Å². The first-order chi connectivity index (χ1) is 9.28. The second kappa shape index (κ2) is 4.04. The first kappa shape index (κ1) is 11.4. The van der Waals surface area contributed by atoms with Crippen LogP contribution in [0.1, 0.15) is 48.9 Å². The monoisotopic (exact) mass is 257 g/mol. The van der Waals surface area contributed by atoms with Crippen LogP contribution in [0.2, 0.25) is 0 Å². The number of aromatic nitrogens is 3. The number of hydrogen-bond donors (Lipinski definition) is 1. The van der Waals surface area contributed by atoms with E-state index in [2.05, 4.69) is 22.7 Å². The van der Waals surface area contributed by atoms with E-state index in [4.69, 9.17) is 10.2 Å². The quantitative estimate of drug-likeness (QED) is 0.919. The highest BCUT2D eigenvalue weighted by Crippen LogP contribution is 2.45. The number of aliphatic hydroxyl groups is 1. The molecule has 0 amide bonds. The summed E-state index contributed by atoms with van der Waals surface area (Å²) < 4.78 is 2.13. The Hall–Kier alpha value is -1.42. The number of pyridine rings is 1. The zero-order valence-corrected chi connectivity index (χ0v) is 11.2. The minimum absolute atomic E-state index is 0.303. The molecular weight excluding hydrogens is 238 g/mol. The number of fused-ring (bicyclic) bond motifs is 1. The van der Waals surface area contributed by atoms with Crippen molar-refractivity contribution in [3.63, 3.8) is 0 Å². The van der Waals surface area contributed by atoms with E-state index < -0.39 is 0 Å². The highest BCUT2D eigenvalue weighted by molar-refractivity contribution is 5.83. The van der Waals surface area contributed by atoms with E-state index in [1.54, 1.807) is 0 Å². The summed E-state index contributed by atoms with van der Waals surface area (Å²) in [6.45, 7) is 2.46. The molecule has 2 aromatic heterocycles. The maximum absolute atomic E-state index is 9.17. The third-order valence-corrected chi connectivity index (χ3v) is 4.61. The average Bonchev–Trinajstić information content (AvgIpc) is 3.12. The molecule has 0 saturated heterocycles. The number of aliphatic hydroxyl groups excluding tert-OH is 1. The first-order valence-corrected chi connectivity index (χ1v) is 7.22. The normalized spacial score (nSPS) is 26.6. The van der Waals surface area contributed by atoms with E-state index in [9.17, 15) is 0 Å². The van der Waals surface area contributed by atoms with Gasteiger partial charge in [-0.2, -0.15) is 5.10 Å². The van der Waals surface area contributed by atoms with Gasteiger partial charge in [0.1, 0.15) is 0 Å². The second-order valence-corrected chi connectivity index (χ2v) is 6.10. The van der Waals surface area contributed by atoms with Crippen LogP contribution in [0, 0.1) is 12.8 Å². The predicted molar refractivity (Wildman–Crippen MR) is 73.1 cm³/mol. The van der Waals surface area contributed by atoms with Crippen LogP contribution >= 0.6 is 0 Å². The lowest BCUT2D eigenvalue weighted by Crippen LogP contribution is -2.29. The predicted octanol–water partition coefficient (Wildman–Crippen LogP) is 2.56. The van der Waals surface area contributed by atoms with Crippen LogP contribution in [0.25, 0.3) is 11.0 Å². The van der Waals surface area contributed by atoms with Crippen molar-refractivity contribution in [1.29, 1.82) is 0 Å². The van der Waals surface area contributed by atoms with E-state index in [1.165, 1.54) is 29.5 Å². The molecule has 4 nitrogen and oxygen atoms in total. The molecule has 19 heavy (non-hydrogen) atoms. The molecule has 2 aliphatic rings. The lowest BCUT2D eigenvalue weighted by atomic mass is 9.81. The maximum Gasteiger partial charge on any atom is 0.158 e. The van der Waals surface area contributed by atoms with Gasteiger partial charge in [-0.3, -0.25) is 0 Å². The van der Waals surface area contributed by atoms with Crippen LogP contribution < -0.4 is 0 Å². The molecule has 1 N–H and O–H groups in total. The number of rotatable bonds is 3. The third kappa shape index (κ3) is 1.70. The van der Waals surface area contributed by atoms with Gasteiger partial charge in [0.2, 0.25) is 0 Å². The molecule has 0 unspecified atom stereocenters. The van der Waals surface area contributed by atoms with Crippen molar-refractivity contribution in [2.45, 2.75) is 44.6 Å². The van der Waals surface area contributed by atoms with Gasteiger partial charge in [0.15, 0.2) is 5.65 Å². The van der Waals surface area contributed by atoms with E-state index >= 15 is 0 Å². The average molecular weight is 257 g/mol. The molecule has 0 aromatic carbocycles. The van der Waals surface area contributed by atoms with Gasteiger partial charge in [-0.25, -0.2) is 9.67 Å². The van der Waals surface area contributed by atoms with Gasteiger partial charge < -0.3 is 5.11 Å². The molecule has 4 rings (SSSR count). The molecular formula is C15H19N3O. The first-order valence-electron chi connectivity index (χ1n) is 7.22. The molecule has 100 valence electrons. The highest BCUT2D eigenvalue weighted by atomic mass is 16.3. The summed E-state index contributed by atoms with van der Waals surface area (Å²) in [5.41, 5.74) is 3.59. The summed E-state index contributed by atoms with van der Waals surface area (Å²) in [4.78, 5) is 4.56. The van der Waals surface area contributed by atoms with Crippen molar-refractivity contribution in [1.82, 2.24) is 14.8 Å². The van der Waals surface area contributed by atoms with E-state index in [1.807, 2.05) is 6.20 Å². The Balaban J connectivity index is 1.81. The number of nitrogens with zero attached hydrogens (tertiary/aromatic N) is 3. The Kier molecular flexibility index (Phi) is 2.42. The van der Waals surface area contributed by atoms with Gasteiger partial charge in [-0.1, -0.05) is 0 Å². The van der Waals surface area contributed by atoms with Crippen LogP contribution in [-0.4, -0.2) is 26.5 Å². The van der Waals surface area contributed by atoms with E-state index in [0.29, 0.717) is 24.5 Å². The summed E-state index contributed by atoms with van der Waals surface area (Å²) >= 11 is 0. The van der Waals surface area contributed by atoms with E-state index in [0.717, 1.165) is 18.5 Å². The van der Waals surface area contributed by atoms with Gasteiger partial charge in [-0.05, 0) is 50.2 Å². The van der Waals surface area contributed by atoms with Crippen LogP contribution in [-0.2, 0) is 0 Å². The van der Waals surface area contributed by atoms with Crippen LogP contribution in [0.3, 0.4) is 0 Å². The smallest absolute Gasteiger partial charge is 0.158 e. The zero-order valence-electron chi connectivity index (χ0n) is 11.2. The van der Waals surface area contributed by atoms with Crippen molar-refractivity contribution in [2.75, 3.05) is 6.61 Å². The Morgan fingerprint density at radius 1 is 1.37 bits per heavy atom. The number of aryl methyl sites for hydroxylation is 1. The molecule has 0 spiro atoms. The van der Waals surface area contributed by atoms with Gasteiger partial charge in [-0.15, -0.1) is 0 Å². The minimum Gasteiger partial charge on any atom is -0.396 e. The molecule has 2 aromatic rings. The Morgan fingerprint density at radius 2 is 2.16 bits per heavy atom. The molecule has 2 heterocycles. The number of hydrogen-bond acceptors (Lipinski definition) is 3. The van der Waals surface area contributed by atoms with Gasteiger partial charge in [0.25, 0.3) is 0 Å². The Morgan fingerprint density at radius 3 is 2.84 bits per heavy atom. The fraction of sp³-hybridized carbons (Fsp3) is 0.600. The summed E-state index contributed by atoms with van der Waals surface area (Å²) in [7, 11) is 0. The van der Waals surface area contributed by atoms with Gasteiger partial charge in [0.05, 0.1) is 11.7 Å². The van der Waals surface area contributed by atoms with E-state index in [-0.39, 0.29) is 0 Å². The van der Waals surface area contributed by atoms with Crippen molar-refractivity contribution >= 4 is 11.0 Å². The maximum atomic E-state index is 9.17. The van der Waals surface area contributed by atoms with Crippen molar-refractivity contribution < 1.29 is 5.11 Å². The summed E-state index contributed by atoms with van der Waals surface area (Å²) in [5.74, 6) is 1.11. The molecule has 0 bridgehead atoms. The molecule has 2 fully saturated rings. The Bertz CT molecular complexity index is 624. The zero-order chi connectivity index (χ0) is 13.0. The standard InChI is InChI=1S/C15H19N3O/c1-9-4-5-16-15-13(9)14(11-2-3-11)17-18(15)12-6-10(7-12)8-19/h4-5,10-12,19H,2-3,6-8H2,1H3. The molecule has 2 aliphatic carbocycles. The summed E-state index contributed by atoms with van der Waals surface area (Å²) in [5, 5.41) is 15.3. The lowest BCUT2D eigenvalue weighted by Gasteiger charge is -2.34. The molecule has 4 heteroatoms. The van der Waals surface area contributed by atoms with Crippen LogP contribution in [0.4, 0.5) is 0 Å². The largest absolute Gasteiger partial charge is 0.396 e. The third-order valence-electron chi connectivity index (χ3n) is 4.61. The summed E-state index contributed by atoms with van der Waals surface area (Å²) in [6, 6.07) is 2.51. The summed E-state index contributed by atoms with van der Waals surface area (Å²) in [6.07, 6.45) is 6.49. The lowest BCUT2D eigenvalue weighted by molar-refractivity contribution is 0.107. The van der Waals surface area contributed by atoms with Crippen molar-refractivity contribution in [3.05, 3.63) is 23.5 Å². The fourth-order valence-electron chi connectivity index (χ4n) is 3.19. The highest BCUT2D eigenvalue weighted by Gasteiger charge is 2.35. The molecule has 2 saturated carbocycles. The second-order valence-electron chi connectivity index (χ2n) is 6.10. The van der Waals surface area contributed by atoms with Crippen LogP contribution in [0.15, 0.2) is 12.3 Å². The van der Waals surface area contributed by atoms with Crippen molar-refractivity contribution in [2.24, 2.45) is 5.92 Å². The SMILES string of the molecule is Cc1ccnc2c1c(C1CC1)nn2C1CC(CO)C1. The topological polar surface area (TPSA) is 50.9 Å². The minimum atomic E-state index is 0.303. The molecule has 0 radical (unpaired) electrons. The fourth-order valence-corrected chi connectivity index (χ4v) is 3.19. The van der Waals surface area contributed by atoms with Crippen LogP contribution in [0.5, 0.6) is 0 Å². The van der Waals surface area contributed by atoms with Gasteiger partial charge in [0, 0.05) is 24.1 Å². The van der Waals surface area contributed by atoms with Crippen molar-refractivity contribution in [3.8, 4) is 0 Å². The molecule has 0 atom stereocenters. The van der Waals surface area contributed by atoms with Gasteiger partial charge >= 0.3 is 0 Å². The molecule has 0 aliphatic heterocycles.